The molecule has 2 aliphatic heterocycles. The minimum Gasteiger partial charge on any atom is -0.364 e. The van der Waals surface area contributed by atoms with Crippen molar-refractivity contribution < 1.29 is 18.0 Å². The maximum absolute atomic E-state index is 12.9. The average Bonchev–Trinajstić information content (AvgIpc) is 3.30. The van der Waals surface area contributed by atoms with Crippen molar-refractivity contribution in [3.05, 3.63) is 47.3 Å². The topological polar surface area (TPSA) is 129 Å². The predicted molar refractivity (Wildman–Crippen MR) is 114 cm³/mol. The highest BCUT2D eigenvalue weighted by atomic mass is 32.2. The second kappa shape index (κ2) is 8.80. The standard InChI is InChI=1S/C21H27N5O4S/c22-20(27)19-14-18(23-24-19)15-8-12-25(13-9-15)21(28)16-4-6-17(7-5-16)31(29,30)26-10-2-1-3-11-26/h4-7,14-15H,1-3,8-13H2,(H2,22,27)(H,23,24). The van der Waals surface area contributed by atoms with E-state index in [2.05, 4.69) is 10.2 Å². The van der Waals surface area contributed by atoms with E-state index in [0.717, 1.165) is 37.8 Å². The van der Waals surface area contributed by atoms with Gasteiger partial charge in [0.25, 0.3) is 11.8 Å². The van der Waals surface area contributed by atoms with Crippen LogP contribution in [-0.2, 0) is 10.0 Å². The van der Waals surface area contributed by atoms with Gasteiger partial charge < -0.3 is 10.6 Å². The summed E-state index contributed by atoms with van der Waals surface area (Å²) >= 11 is 0. The van der Waals surface area contributed by atoms with Crippen molar-refractivity contribution in [3.63, 3.8) is 0 Å². The Kier molecular flexibility index (Phi) is 6.10. The number of carbonyl (C=O) groups is 2. The van der Waals surface area contributed by atoms with Gasteiger partial charge in [-0.05, 0) is 56.0 Å². The van der Waals surface area contributed by atoms with Crippen LogP contribution in [-0.4, -0.2) is 65.8 Å². The number of nitrogens with two attached hydrogens (primary N) is 1. The third-order valence-corrected chi connectivity index (χ3v) is 8.04. The number of nitrogens with one attached hydrogen (secondary N) is 1. The van der Waals surface area contributed by atoms with Crippen molar-refractivity contribution in [2.45, 2.75) is 42.9 Å². The van der Waals surface area contributed by atoms with Crippen LogP contribution in [0.5, 0.6) is 0 Å². The van der Waals surface area contributed by atoms with E-state index in [4.69, 9.17) is 5.73 Å². The summed E-state index contributed by atoms with van der Waals surface area (Å²) < 4.78 is 27.1. The molecule has 31 heavy (non-hydrogen) atoms. The van der Waals surface area contributed by atoms with E-state index in [9.17, 15) is 18.0 Å². The summed E-state index contributed by atoms with van der Waals surface area (Å²) in [4.78, 5) is 26.1. The van der Waals surface area contributed by atoms with Crippen molar-refractivity contribution in [2.75, 3.05) is 26.2 Å². The van der Waals surface area contributed by atoms with E-state index in [1.807, 2.05) is 0 Å². The molecule has 10 heteroatoms. The van der Waals surface area contributed by atoms with Gasteiger partial charge in [0.15, 0.2) is 0 Å². The molecule has 2 fully saturated rings. The summed E-state index contributed by atoms with van der Waals surface area (Å²) in [6.45, 7) is 2.24. The third kappa shape index (κ3) is 4.49. The molecule has 1 aromatic heterocycles. The highest BCUT2D eigenvalue weighted by Gasteiger charge is 2.28. The summed E-state index contributed by atoms with van der Waals surface area (Å²) in [5.41, 5.74) is 6.80. The van der Waals surface area contributed by atoms with Gasteiger partial charge in [-0.3, -0.25) is 14.7 Å². The Balaban J connectivity index is 1.38. The molecule has 0 aliphatic carbocycles. The molecule has 4 rings (SSSR count). The molecule has 0 spiro atoms. The Morgan fingerprint density at radius 1 is 1.00 bits per heavy atom. The van der Waals surface area contributed by atoms with Gasteiger partial charge >= 0.3 is 0 Å². The van der Waals surface area contributed by atoms with Crippen LogP contribution in [0.4, 0.5) is 0 Å². The molecule has 166 valence electrons. The van der Waals surface area contributed by atoms with Crippen molar-refractivity contribution >= 4 is 21.8 Å². The van der Waals surface area contributed by atoms with Gasteiger partial charge in [-0.2, -0.15) is 9.40 Å². The molecule has 2 amide bonds. The lowest BCUT2D eigenvalue weighted by Crippen LogP contribution is -2.38. The second-order valence-electron chi connectivity index (χ2n) is 8.13. The molecule has 0 atom stereocenters. The highest BCUT2D eigenvalue weighted by Crippen LogP contribution is 2.28. The van der Waals surface area contributed by atoms with E-state index in [0.29, 0.717) is 31.7 Å². The van der Waals surface area contributed by atoms with Crippen LogP contribution in [0, 0.1) is 0 Å². The number of carbonyl (C=O) groups excluding carboxylic acids is 2. The zero-order valence-corrected chi connectivity index (χ0v) is 18.1. The smallest absolute Gasteiger partial charge is 0.269 e. The van der Waals surface area contributed by atoms with Crippen molar-refractivity contribution in [2.24, 2.45) is 5.73 Å². The summed E-state index contributed by atoms with van der Waals surface area (Å²) in [6.07, 6.45) is 4.31. The zero-order valence-electron chi connectivity index (χ0n) is 17.3. The number of likely N-dealkylation sites (tertiary alicyclic amines) is 1. The average molecular weight is 446 g/mol. The molecule has 1 aromatic carbocycles. The van der Waals surface area contributed by atoms with Crippen LogP contribution in [0.15, 0.2) is 35.2 Å². The fraction of sp³-hybridized carbons (Fsp3) is 0.476. The molecule has 9 nitrogen and oxygen atoms in total. The number of sulfonamides is 1. The van der Waals surface area contributed by atoms with Crippen LogP contribution < -0.4 is 5.73 Å². The van der Waals surface area contributed by atoms with Gasteiger partial charge in [0.2, 0.25) is 10.0 Å². The SMILES string of the molecule is NC(=O)c1cc(C2CCN(C(=O)c3ccc(S(=O)(=O)N4CCCCC4)cc3)CC2)[nH]n1. The number of rotatable bonds is 5. The zero-order chi connectivity index (χ0) is 22.0. The maximum atomic E-state index is 12.9. The molecule has 2 aromatic rings. The van der Waals surface area contributed by atoms with E-state index in [1.54, 1.807) is 23.1 Å². The molecule has 0 saturated carbocycles. The number of aromatic nitrogens is 2. The lowest BCUT2D eigenvalue weighted by molar-refractivity contribution is 0.0712. The van der Waals surface area contributed by atoms with E-state index in [1.165, 1.54) is 16.4 Å². The first-order valence-corrected chi connectivity index (χ1v) is 12.0. The first-order chi connectivity index (χ1) is 14.9. The predicted octanol–water partition coefficient (Wildman–Crippen LogP) is 1.70. The first kappa shape index (κ1) is 21.5. The Morgan fingerprint density at radius 3 is 2.23 bits per heavy atom. The van der Waals surface area contributed by atoms with Crippen LogP contribution in [0.1, 0.15) is 64.6 Å². The first-order valence-electron chi connectivity index (χ1n) is 10.6. The monoisotopic (exact) mass is 445 g/mol. The number of aromatic amines is 1. The van der Waals surface area contributed by atoms with Gasteiger partial charge in [-0.25, -0.2) is 8.42 Å². The third-order valence-electron chi connectivity index (χ3n) is 6.13. The molecule has 3 N–H and O–H groups in total. The Morgan fingerprint density at radius 2 is 1.65 bits per heavy atom. The largest absolute Gasteiger partial charge is 0.364 e. The molecule has 2 aliphatic rings. The number of amides is 2. The number of hydrogen-bond donors (Lipinski definition) is 2. The number of hydrogen-bond acceptors (Lipinski definition) is 5. The van der Waals surface area contributed by atoms with Gasteiger partial charge in [-0.1, -0.05) is 6.42 Å². The van der Waals surface area contributed by atoms with Crippen molar-refractivity contribution in [1.29, 1.82) is 0 Å². The lowest BCUT2D eigenvalue weighted by atomic mass is 9.93. The lowest BCUT2D eigenvalue weighted by Gasteiger charge is -2.31. The molecular weight excluding hydrogens is 418 g/mol. The van der Waals surface area contributed by atoms with Crippen LogP contribution >= 0.6 is 0 Å². The number of piperidine rings is 2. The minimum atomic E-state index is -3.51. The molecule has 2 saturated heterocycles. The quantitative estimate of drug-likeness (QED) is 0.724. The van der Waals surface area contributed by atoms with Crippen molar-refractivity contribution in [1.82, 2.24) is 19.4 Å². The Labute approximate surface area is 181 Å². The van der Waals surface area contributed by atoms with Crippen LogP contribution in [0.3, 0.4) is 0 Å². The number of primary amides is 1. The highest BCUT2D eigenvalue weighted by molar-refractivity contribution is 7.89. The number of benzene rings is 1. The van der Waals surface area contributed by atoms with Crippen LogP contribution in [0.25, 0.3) is 0 Å². The molecule has 3 heterocycles. The number of nitrogens with zero attached hydrogens (tertiary/aromatic N) is 3. The summed E-state index contributed by atoms with van der Waals surface area (Å²) in [7, 11) is -3.51. The molecule has 0 bridgehead atoms. The Bertz CT molecular complexity index is 1050. The molecule has 0 radical (unpaired) electrons. The normalized spacial score (nSPS) is 18.8. The van der Waals surface area contributed by atoms with Crippen LogP contribution in [0.2, 0.25) is 0 Å². The van der Waals surface area contributed by atoms with E-state index >= 15 is 0 Å². The van der Waals surface area contributed by atoms with Gasteiger partial charge in [0, 0.05) is 43.4 Å². The van der Waals surface area contributed by atoms with E-state index in [-0.39, 0.29) is 22.4 Å². The van der Waals surface area contributed by atoms with E-state index < -0.39 is 15.9 Å². The van der Waals surface area contributed by atoms with Gasteiger partial charge in [-0.15, -0.1) is 0 Å². The minimum absolute atomic E-state index is 0.109. The Hall–Kier alpha value is -2.72. The maximum Gasteiger partial charge on any atom is 0.269 e. The van der Waals surface area contributed by atoms with Gasteiger partial charge in [0.05, 0.1) is 4.90 Å². The summed E-state index contributed by atoms with van der Waals surface area (Å²) in [5, 5.41) is 6.79. The number of H-pyrrole nitrogens is 1. The molecule has 0 unspecified atom stereocenters. The fourth-order valence-corrected chi connectivity index (χ4v) is 5.79. The summed E-state index contributed by atoms with van der Waals surface area (Å²) in [6, 6.07) is 7.92. The fourth-order valence-electron chi connectivity index (χ4n) is 4.27. The second-order valence-corrected chi connectivity index (χ2v) is 10.1. The van der Waals surface area contributed by atoms with Crippen molar-refractivity contribution in [3.8, 4) is 0 Å². The molecular formula is C21H27N5O4S. The van der Waals surface area contributed by atoms with Gasteiger partial charge in [0.1, 0.15) is 5.69 Å². The summed E-state index contributed by atoms with van der Waals surface area (Å²) in [5.74, 6) is -0.495.